The lowest BCUT2D eigenvalue weighted by atomic mass is 9.84. The van der Waals surface area contributed by atoms with Crippen molar-refractivity contribution in [1.29, 1.82) is 0 Å². The number of nitrogens with zero attached hydrogens (tertiary/aromatic N) is 2. The number of rotatable bonds is 4. The molecule has 0 saturated heterocycles. The van der Waals surface area contributed by atoms with E-state index >= 15 is 0 Å². The largest absolute Gasteiger partial charge is 0.300 e. The van der Waals surface area contributed by atoms with Crippen molar-refractivity contribution in [2.45, 2.75) is 45.6 Å². The van der Waals surface area contributed by atoms with E-state index in [1.807, 2.05) is 0 Å². The van der Waals surface area contributed by atoms with Gasteiger partial charge in [-0.3, -0.25) is 14.3 Å². The lowest BCUT2D eigenvalue weighted by Crippen LogP contribution is -2.25. The van der Waals surface area contributed by atoms with Crippen molar-refractivity contribution in [3.63, 3.8) is 0 Å². The van der Waals surface area contributed by atoms with Crippen LogP contribution < -0.4 is 0 Å². The third-order valence-corrected chi connectivity index (χ3v) is 3.26. The van der Waals surface area contributed by atoms with Crippen molar-refractivity contribution in [1.82, 2.24) is 9.78 Å². The molecule has 1 aromatic heterocycles. The molecule has 1 heterocycles. The summed E-state index contributed by atoms with van der Waals surface area (Å²) in [6.45, 7) is 2.81. The Kier molecular flexibility index (Phi) is 3.71. The highest BCUT2D eigenvalue weighted by Crippen LogP contribution is 2.24. The summed E-state index contributed by atoms with van der Waals surface area (Å²) in [5.74, 6) is 0.184. The molecule has 4 nitrogen and oxygen atoms in total. The topological polar surface area (TPSA) is 52.0 Å². The van der Waals surface area contributed by atoms with Crippen LogP contribution >= 0.6 is 0 Å². The number of Topliss-reactive ketones (excluding diaryl/α,β-unsaturated/α-hetero) is 2. The third kappa shape index (κ3) is 2.62. The van der Waals surface area contributed by atoms with E-state index in [9.17, 15) is 9.59 Å². The van der Waals surface area contributed by atoms with E-state index in [1.54, 1.807) is 16.9 Å². The number of aryl methyl sites for hydroxylation is 1. The molecule has 1 fully saturated rings. The van der Waals surface area contributed by atoms with Gasteiger partial charge < -0.3 is 0 Å². The zero-order chi connectivity index (χ0) is 12.3. The van der Waals surface area contributed by atoms with E-state index in [0.717, 1.165) is 25.8 Å². The van der Waals surface area contributed by atoms with Crippen LogP contribution in [0.4, 0.5) is 0 Å². The summed E-state index contributed by atoms with van der Waals surface area (Å²) in [6.07, 6.45) is 5.34. The summed E-state index contributed by atoms with van der Waals surface area (Å²) in [5, 5.41) is 4.15. The number of carbonyl (C=O) groups excluding carboxylic acids is 2. The highest BCUT2D eigenvalue weighted by molar-refractivity contribution is 5.99. The zero-order valence-corrected chi connectivity index (χ0v) is 10.2. The molecule has 1 saturated carbocycles. The minimum absolute atomic E-state index is 0.0870. The molecule has 0 spiro atoms. The Labute approximate surface area is 101 Å². The van der Waals surface area contributed by atoms with Gasteiger partial charge in [-0.05, 0) is 25.3 Å². The first kappa shape index (κ1) is 12.0. The summed E-state index contributed by atoms with van der Waals surface area (Å²) in [7, 11) is 0. The first-order chi connectivity index (χ1) is 8.22. The molecule has 0 bridgehead atoms. The average molecular weight is 234 g/mol. The summed E-state index contributed by atoms with van der Waals surface area (Å²) >= 11 is 0. The highest BCUT2D eigenvalue weighted by Gasteiger charge is 2.28. The van der Waals surface area contributed by atoms with Gasteiger partial charge in [-0.1, -0.05) is 6.92 Å². The van der Waals surface area contributed by atoms with Crippen molar-refractivity contribution in [3.05, 3.63) is 18.0 Å². The second-order valence-corrected chi connectivity index (χ2v) is 4.64. The fraction of sp³-hybridized carbons (Fsp3) is 0.615. The number of aromatic nitrogens is 2. The van der Waals surface area contributed by atoms with Gasteiger partial charge in [0.15, 0.2) is 5.78 Å². The molecule has 1 aromatic rings. The van der Waals surface area contributed by atoms with Crippen LogP contribution in [0.1, 0.15) is 49.5 Å². The normalized spacial score (nSPS) is 20.5. The summed E-state index contributed by atoms with van der Waals surface area (Å²) in [6, 6.07) is 1.76. The first-order valence-electron chi connectivity index (χ1n) is 6.30. The smallest absolute Gasteiger partial charge is 0.184 e. The molecule has 17 heavy (non-hydrogen) atoms. The van der Waals surface area contributed by atoms with Gasteiger partial charge in [-0.15, -0.1) is 0 Å². The minimum atomic E-state index is -0.122. The second-order valence-electron chi connectivity index (χ2n) is 4.64. The predicted molar refractivity (Wildman–Crippen MR) is 63.8 cm³/mol. The number of ketones is 2. The highest BCUT2D eigenvalue weighted by atomic mass is 16.1. The van der Waals surface area contributed by atoms with Gasteiger partial charge in [0.1, 0.15) is 11.5 Å². The van der Waals surface area contributed by atoms with Crippen molar-refractivity contribution in [2.24, 2.45) is 5.92 Å². The maximum atomic E-state index is 12.3. The maximum absolute atomic E-state index is 12.3. The molecule has 0 amide bonds. The van der Waals surface area contributed by atoms with Gasteiger partial charge in [0, 0.05) is 31.5 Å². The van der Waals surface area contributed by atoms with Gasteiger partial charge in [0.25, 0.3) is 0 Å². The van der Waals surface area contributed by atoms with E-state index in [-0.39, 0.29) is 17.5 Å². The van der Waals surface area contributed by atoms with Crippen molar-refractivity contribution in [2.75, 3.05) is 0 Å². The lowest BCUT2D eigenvalue weighted by molar-refractivity contribution is -0.121. The monoisotopic (exact) mass is 234 g/mol. The lowest BCUT2D eigenvalue weighted by Gasteiger charge is -2.19. The van der Waals surface area contributed by atoms with Crippen molar-refractivity contribution < 1.29 is 9.59 Å². The Morgan fingerprint density at radius 1 is 1.59 bits per heavy atom. The molecule has 0 radical (unpaired) electrons. The number of carbonyl (C=O) groups is 2. The van der Waals surface area contributed by atoms with E-state index in [1.165, 1.54) is 0 Å². The predicted octanol–water partition coefficient (Wildman–Crippen LogP) is 2.24. The first-order valence-corrected chi connectivity index (χ1v) is 6.30. The Hall–Kier alpha value is -1.45. The minimum Gasteiger partial charge on any atom is -0.300 e. The van der Waals surface area contributed by atoms with Gasteiger partial charge in [-0.25, -0.2) is 0 Å². The summed E-state index contributed by atoms with van der Waals surface area (Å²) in [4.78, 5) is 23.7. The molecule has 1 unspecified atom stereocenters. The van der Waals surface area contributed by atoms with Gasteiger partial charge >= 0.3 is 0 Å². The Bertz CT molecular complexity index is 423. The second kappa shape index (κ2) is 5.25. The molecule has 1 aliphatic carbocycles. The van der Waals surface area contributed by atoms with Gasteiger partial charge in [0.2, 0.25) is 0 Å². The zero-order valence-electron chi connectivity index (χ0n) is 10.2. The van der Waals surface area contributed by atoms with E-state index in [2.05, 4.69) is 12.0 Å². The van der Waals surface area contributed by atoms with Crippen LogP contribution in [-0.4, -0.2) is 21.3 Å². The van der Waals surface area contributed by atoms with Crippen LogP contribution in [0.15, 0.2) is 12.3 Å². The van der Waals surface area contributed by atoms with Crippen molar-refractivity contribution in [3.8, 4) is 0 Å². The van der Waals surface area contributed by atoms with Gasteiger partial charge in [0.05, 0.1) is 0 Å². The molecule has 0 aromatic carbocycles. The SMILES string of the molecule is CCCn1nccc1C(=O)C1CCCC(=O)C1. The Morgan fingerprint density at radius 3 is 3.12 bits per heavy atom. The fourth-order valence-corrected chi connectivity index (χ4v) is 2.39. The van der Waals surface area contributed by atoms with Crippen LogP contribution in [0.2, 0.25) is 0 Å². The number of hydrogen-bond donors (Lipinski definition) is 0. The maximum Gasteiger partial charge on any atom is 0.184 e. The molecule has 1 aliphatic rings. The molecule has 2 rings (SSSR count). The van der Waals surface area contributed by atoms with E-state index in [4.69, 9.17) is 0 Å². The molecular weight excluding hydrogens is 216 g/mol. The van der Waals surface area contributed by atoms with E-state index in [0.29, 0.717) is 18.5 Å². The molecule has 4 heteroatoms. The molecule has 0 aliphatic heterocycles. The van der Waals surface area contributed by atoms with E-state index < -0.39 is 0 Å². The van der Waals surface area contributed by atoms with Crippen LogP contribution in [0.3, 0.4) is 0 Å². The molecular formula is C13H18N2O2. The fourth-order valence-electron chi connectivity index (χ4n) is 2.39. The summed E-state index contributed by atoms with van der Waals surface area (Å²) in [5.41, 5.74) is 0.659. The number of hydrogen-bond acceptors (Lipinski definition) is 3. The average Bonchev–Trinajstić information content (AvgIpc) is 2.77. The van der Waals surface area contributed by atoms with Crippen LogP contribution in [0.5, 0.6) is 0 Å². The van der Waals surface area contributed by atoms with Gasteiger partial charge in [-0.2, -0.15) is 5.10 Å². The van der Waals surface area contributed by atoms with Crippen molar-refractivity contribution >= 4 is 11.6 Å². The molecule has 1 atom stereocenters. The van der Waals surface area contributed by atoms with Crippen LogP contribution in [0.25, 0.3) is 0 Å². The standard InChI is InChI=1S/C13H18N2O2/c1-2-8-15-12(6-7-14-15)13(17)10-4-3-5-11(16)9-10/h6-7,10H,2-5,8-9H2,1H3. The van der Waals surface area contributed by atoms with Crippen LogP contribution in [-0.2, 0) is 11.3 Å². The quantitative estimate of drug-likeness (QED) is 0.751. The molecule has 92 valence electrons. The Balaban J connectivity index is 2.12. The third-order valence-electron chi connectivity index (χ3n) is 3.26. The van der Waals surface area contributed by atoms with Crippen LogP contribution in [0, 0.1) is 5.92 Å². The Morgan fingerprint density at radius 2 is 2.41 bits per heavy atom. The molecule has 0 N–H and O–H groups in total. The summed E-state index contributed by atoms with van der Waals surface area (Å²) < 4.78 is 1.75.